The summed E-state index contributed by atoms with van der Waals surface area (Å²) in [6.45, 7) is 3.95. The van der Waals surface area contributed by atoms with E-state index in [0.29, 0.717) is 17.8 Å². The van der Waals surface area contributed by atoms with E-state index in [9.17, 15) is 18.4 Å². The fraction of sp³-hybridized carbons (Fsp3) is 0.250. The van der Waals surface area contributed by atoms with E-state index in [-0.39, 0.29) is 24.6 Å². The molecule has 0 fully saturated rings. The molecule has 2 aromatic heterocycles. The number of fused-ring (bicyclic) bond motifs is 1. The molecule has 0 saturated heterocycles. The van der Waals surface area contributed by atoms with E-state index in [2.05, 4.69) is 15.6 Å². The summed E-state index contributed by atoms with van der Waals surface area (Å²) in [6.07, 6.45) is 2.18. The number of halogens is 2. The van der Waals surface area contributed by atoms with Gasteiger partial charge in [0.2, 0.25) is 5.91 Å². The van der Waals surface area contributed by atoms with Crippen molar-refractivity contribution in [1.29, 1.82) is 0 Å². The number of carbonyl (C=O) groups is 2. The van der Waals surface area contributed by atoms with E-state index in [1.54, 1.807) is 17.5 Å². The molecule has 0 atom stereocenters. The smallest absolute Gasteiger partial charge is 0.270 e. The van der Waals surface area contributed by atoms with E-state index < -0.39 is 17.5 Å². The highest BCUT2D eigenvalue weighted by atomic mass is 19.1. The molecule has 2 N–H and O–H groups in total. The Morgan fingerprint density at radius 2 is 1.96 bits per heavy atom. The van der Waals surface area contributed by atoms with Gasteiger partial charge in [0.25, 0.3) is 5.91 Å². The number of hydrogen-bond acceptors (Lipinski definition) is 3. The first-order valence-electron chi connectivity index (χ1n) is 8.84. The molecular weight excluding hydrogens is 366 g/mol. The molecule has 2 heterocycles. The zero-order valence-corrected chi connectivity index (χ0v) is 15.6. The largest absolute Gasteiger partial charge is 0.351 e. The zero-order chi connectivity index (χ0) is 20.3. The Hall–Kier alpha value is -3.29. The highest BCUT2D eigenvalue weighted by molar-refractivity contribution is 5.95. The second-order valence-electron chi connectivity index (χ2n) is 6.46. The number of hydrogen-bond donors (Lipinski definition) is 2. The third-order valence-electron chi connectivity index (χ3n) is 4.30. The topological polar surface area (TPSA) is 75.5 Å². The summed E-state index contributed by atoms with van der Waals surface area (Å²) >= 11 is 0. The average molecular weight is 386 g/mol. The van der Waals surface area contributed by atoms with Gasteiger partial charge in [-0.1, -0.05) is 6.07 Å². The van der Waals surface area contributed by atoms with Crippen LogP contribution in [0.25, 0.3) is 5.65 Å². The molecule has 1 aromatic carbocycles. The second-order valence-corrected chi connectivity index (χ2v) is 6.46. The zero-order valence-electron chi connectivity index (χ0n) is 15.6. The van der Waals surface area contributed by atoms with Crippen LogP contribution in [0.15, 0.2) is 36.5 Å². The fourth-order valence-electron chi connectivity index (χ4n) is 2.93. The van der Waals surface area contributed by atoms with Gasteiger partial charge >= 0.3 is 0 Å². The van der Waals surface area contributed by atoms with Crippen LogP contribution in [0.5, 0.6) is 0 Å². The SMILES string of the molecule is Cc1nc2c(C)cccn2c1C(=O)NCCCC(=O)Nc1cc(F)ccc1F. The lowest BCUT2D eigenvalue weighted by Crippen LogP contribution is -2.27. The summed E-state index contributed by atoms with van der Waals surface area (Å²) in [6, 6.07) is 6.61. The van der Waals surface area contributed by atoms with Crippen LogP contribution in [0, 0.1) is 25.5 Å². The van der Waals surface area contributed by atoms with Crippen molar-refractivity contribution in [3.63, 3.8) is 0 Å². The first-order chi connectivity index (χ1) is 13.4. The first-order valence-corrected chi connectivity index (χ1v) is 8.84. The van der Waals surface area contributed by atoms with Crippen LogP contribution in [0.1, 0.15) is 34.6 Å². The minimum Gasteiger partial charge on any atom is -0.351 e. The lowest BCUT2D eigenvalue weighted by molar-refractivity contribution is -0.116. The Morgan fingerprint density at radius 3 is 2.75 bits per heavy atom. The van der Waals surface area contributed by atoms with Crippen LogP contribution < -0.4 is 10.6 Å². The quantitative estimate of drug-likeness (QED) is 0.638. The summed E-state index contributed by atoms with van der Waals surface area (Å²) in [5.74, 6) is -2.09. The van der Waals surface area contributed by atoms with Crippen LogP contribution >= 0.6 is 0 Å². The van der Waals surface area contributed by atoms with Crippen LogP contribution in [0.3, 0.4) is 0 Å². The Morgan fingerprint density at radius 1 is 1.18 bits per heavy atom. The van der Waals surface area contributed by atoms with Gasteiger partial charge in [0.15, 0.2) is 0 Å². The summed E-state index contributed by atoms with van der Waals surface area (Å²) in [7, 11) is 0. The number of nitrogens with zero attached hydrogens (tertiary/aromatic N) is 2. The molecule has 8 heteroatoms. The van der Waals surface area contributed by atoms with Crippen LogP contribution in [-0.2, 0) is 4.79 Å². The van der Waals surface area contributed by atoms with Crippen molar-refractivity contribution in [2.45, 2.75) is 26.7 Å². The molecule has 28 heavy (non-hydrogen) atoms. The van der Waals surface area contributed by atoms with Crippen molar-refractivity contribution in [1.82, 2.24) is 14.7 Å². The number of pyridine rings is 1. The van der Waals surface area contributed by atoms with Gasteiger partial charge in [-0.25, -0.2) is 13.8 Å². The lowest BCUT2D eigenvalue weighted by atomic mass is 10.2. The number of aromatic nitrogens is 2. The van der Waals surface area contributed by atoms with Gasteiger partial charge in [-0.3, -0.25) is 14.0 Å². The Bertz CT molecular complexity index is 1050. The summed E-state index contributed by atoms with van der Waals surface area (Å²) in [4.78, 5) is 28.8. The molecule has 0 spiro atoms. The summed E-state index contributed by atoms with van der Waals surface area (Å²) < 4.78 is 28.4. The number of nitrogens with one attached hydrogen (secondary N) is 2. The van der Waals surface area contributed by atoms with E-state index in [1.807, 2.05) is 19.1 Å². The van der Waals surface area contributed by atoms with Crippen LogP contribution in [0.4, 0.5) is 14.5 Å². The highest BCUT2D eigenvalue weighted by Crippen LogP contribution is 2.16. The molecule has 0 aliphatic rings. The number of anilines is 1. The van der Waals surface area contributed by atoms with Gasteiger partial charge in [-0.2, -0.15) is 0 Å². The average Bonchev–Trinajstić information content (AvgIpc) is 2.99. The molecule has 2 amide bonds. The van der Waals surface area contributed by atoms with Gasteiger partial charge in [0.1, 0.15) is 23.0 Å². The normalized spacial score (nSPS) is 10.9. The Balaban J connectivity index is 1.54. The molecule has 0 aliphatic carbocycles. The van der Waals surface area contributed by atoms with Gasteiger partial charge in [0.05, 0.1) is 11.4 Å². The predicted molar refractivity (Wildman–Crippen MR) is 101 cm³/mol. The number of rotatable bonds is 6. The third kappa shape index (κ3) is 4.16. The second kappa shape index (κ2) is 8.16. The molecule has 3 rings (SSSR count). The number of carbonyl (C=O) groups excluding carboxylic acids is 2. The standard InChI is InChI=1S/C20H20F2N4O2/c1-12-5-4-10-26-18(13(2)24-19(12)26)20(28)23-9-3-6-17(27)25-16-11-14(21)7-8-15(16)22/h4-5,7-8,10-11H,3,6,9H2,1-2H3,(H,23,28)(H,25,27). The third-order valence-corrected chi connectivity index (χ3v) is 4.30. The molecular formula is C20H20F2N4O2. The molecule has 0 bridgehead atoms. The number of aryl methyl sites for hydroxylation is 2. The first kappa shape index (κ1) is 19.5. The number of imidazole rings is 1. The summed E-state index contributed by atoms with van der Waals surface area (Å²) in [5.41, 5.74) is 2.55. The maximum Gasteiger partial charge on any atom is 0.270 e. The number of amides is 2. The molecule has 146 valence electrons. The molecule has 6 nitrogen and oxygen atoms in total. The molecule has 3 aromatic rings. The van der Waals surface area contributed by atoms with Gasteiger partial charge in [-0.15, -0.1) is 0 Å². The van der Waals surface area contributed by atoms with Gasteiger partial charge < -0.3 is 10.6 Å². The van der Waals surface area contributed by atoms with E-state index in [4.69, 9.17) is 0 Å². The maximum absolute atomic E-state index is 13.5. The maximum atomic E-state index is 13.5. The van der Waals surface area contributed by atoms with Gasteiger partial charge in [-0.05, 0) is 44.0 Å². The van der Waals surface area contributed by atoms with Crippen molar-refractivity contribution in [2.24, 2.45) is 0 Å². The van der Waals surface area contributed by atoms with E-state index >= 15 is 0 Å². The lowest BCUT2D eigenvalue weighted by Gasteiger charge is -2.08. The number of benzene rings is 1. The molecule has 0 unspecified atom stereocenters. The van der Waals surface area contributed by atoms with E-state index in [0.717, 1.165) is 29.4 Å². The van der Waals surface area contributed by atoms with E-state index in [1.165, 1.54) is 0 Å². The minimum atomic E-state index is -0.707. The minimum absolute atomic E-state index is 0.0570. The monoisotopic (exact) mass is 386 g/mol. The van der Waals surface area contributed by atoms with Crippen LogP contribution in [0.2, 0.25) is 0 Å². The van der Waals surface area contributed by atoms with Crippen molar-refractivity contribution >= 4 is 23.1 Å². The highest BCUT2D eigenvalue weighted by Gasteiger charge is 2.17. The van der Waals surface area contributed by atoms with Gasteiger partial charge in [0, 0.05) is 25.2 Å². The predicted octanol–water partition coefficient (Wildman–Crippen LogP) is 3.38. The molecule has 0 aliphatic heterocycles. The molecule has 0 saturated carbocycles. The van der Waals surface area contributed by atoms with Crippen molar-refractivity contribution < 1.29 is 18.4 Å². The molecule has 0 radical (unpaired) electrons. The van der Waals surface area contributed by atoms with Crippen molar-refractivity contribution in [3.8, 4) is 0 Å². The van der Waals surface area contributed by atoms with Crippen LogP contribution in [-0.4, -0.2) is 27.7 Å². The Kier molecular flexibility index (Phi) is 5.67. The van der Waals surface area contributed by atoms with Crippen molar-refractivity contribution in [3.05, 3.63) is 65.1 Å². The Labute approximate surface area is 160 Å². The summed E-state index contributed by atoms with van der Waals surface area (Å²) in [5, 5.41) is 5.09. The van der Waals surface area contributed by atoms with Crippen molar-refractivity contribution in [2.75, 3.05) is 11.9 Å². The fourth-order valence-corrected chi connectivity index (χ4v) is 2.93.